The molecule has 40 valence electrons. The van der Waals surface area contributed by atoms with E-state index in [1.807, 2.05) is 20.3 Å². The molecule has 0 spiro atoms. The van der Waals surface area contributed by atoms with E-state index in [0.717, 1.165) is 0 Å². The molecule has 0 aromatic rings. The van der Waals surface area contributed by atoms with Gasteiger partial charge in [-0.15, -0.1) is 0 Å². The van der Waals surface area contributed by atoms with Crippen molar-refractivity contribution >= 4 is 0 Å². The summed E-state index contributed by atoms with van der Waals surface area (Å²) in [5.41, 5.74) is 0. The van der Waals surface area contributed by atoms with Gasteiger partial charge in [-0.1, -0.05) is 0 Å². The largest absolute Gasteiger partial charge is 2.00 e. The van der Waals surface area contributed by atoms with Crippen molar-refractivity contribution in [1.82, 2.24) is 0 Å². The second-order valence-corrected chi connectivity index (χ2v) is 0.577. The van der Waals surface area contributed by atoms with Gasteiger partial charge in [0.15, 0.2) is 0 Å². The minimum atomic E-state index is 0. The number of hydrogen-bond donors (Lipinski definition) is 0. The second-order valence-electron chi connectivity index (χ2n) is 0.577. The smallest absolute Gasteiger partial charge is 0.358 e. The SMILES string of the molecule is C[CH-]C.[CH3-].[Cu+2].[Y]. The van der Waals surface area contributed by atoms with Crippen molar-refractivity contribution in [3.05, 3.63) is 13.8 Å². The van der Waals surface area contributed by atoms with E-state index < -0.39 is 0 Å². The van der Waals surface area contributed by atoms with Crippen molar-refractivity contribution in [3.8, 4) is 0 Å². The molecule has 2 heteroatoms. The van der Waals surface area contributed by atoms with E-state index in [9.17, 15) is 0 Å². The fraction of sp³-hybridized carbons (Fsp3) is 0.500. The standard InChI is InChI=1S/C3H7.CH3.Cu.Y/c1-3-2;;;/h3H,1-2H3;1H3;;/q2*-1;+2;. The predicted molar refractivity (Wildman–Crippen MR) is 22.1 cm³/mol. The third kappa shape index (κ3) is 45.6. The summed E-state index contributed by atoms with van der Waals surface area (Å²) in [6.07, 6.45) is 2.00. The Morgan fingerprint density at radius 1 is 1.17 bits per heavy atom. The van der Waals surface area contributed by atoms with Crippen LogP contribution in [-0.2, 0) is 49.8 Å². The molecular weight excluding hydrogens is 200 g/mol. The Morgan fingerprint density at radius 3 is 1.17 bits per heavy atom. The monoisotopic (exact) mass is 210 g/mol. The summed E-state index contributed by atoms with van der Waals surface area (Å²) >= 11 is 0. The van der Waals surface area contributed by atoms with Crippen LogP contribution in [0.25, 0.3) is 0 Å². The minimum Gasteiger partial charge on any atom is -0.358 e. The normalized spacial score (nSPS) is 3.00. The van der Waals surface area contributed by atoms with Crippen molar-refractivity contribution in [2.75, 3.05) is 0 Å². The van der Waals surface area contributed by atoms with Crippen LogP contribution in [0.3, 0.4) is 0 Å². The molecule has 0 nitrogen and oxygen atoms in total. The zero-order valence-electron chi connectivity index (χ0n) is 4.46. The second kappa shape index (κ2) is 30.4. The zero-order chi connectivity index (χ0) is 2.71. The van der Waals surface area contributed by atoms with Crippen LogP contribution in [0, 0.1) is 13.8 Å². The summed E-state index contributed by atoms with van der Waals surface area (Å²) < 4.78 is 0. The summed E-state index contributed by atoms with van der Waals surface area (Å²) in [5, 5.41) is 0. The Morgan fingerprint density at radius 2 is 1.17 bits per heavy atom. The van der Waals surface area contributed by atoms with Gasteiger partial charge >= 0.3 is 17.1 Å². The first kappa shape index (κ1) is 25.5. The maximum atomic E-state index is 2.00. The van der Waals surface area contributed by atoms with Crippen LogP contribution >= 0.6 is 0 Å². The summed E-state index contributed by atoms with van der Waals surface area (Å²) in [6, 6.07) is 0. The number of rotatable bonds is 0. The molecule has 0 aromatic carbocycles. The van der Waals surface area contributed by atoms with Gasteiger partial charge in [0.05, 0.1) is 0 Å². The fourth-order valence-corrected chi connectivity index (χ4v) is 0. The Bertz CT molecular complexity index is 7.51. The summed E-state index contributed by atoms with van der Waals surface area (Å²) in [6.45, 7) is 4.00. The van der Waals surface area contributed by atoms with Crippen LogP contribution in [-0.4, -0.2) is 0 Å². The average Bonchev–Trinajstić information content (AvgIpc) is 0.918. The summed E-state index contributed by atoms with van der Waals surface area (Å²) in [5.74, 6) is 0. The molecule has 0 saturated carbocycles. The van der Waals surface area contributed by atoms with Gasteiger partial charge in [-0.25, -0.2) is 0 Å². The summed E-state index contributed by atoms with van der Waals surface area (Å²) in [7, 11) is 0. The molecule has 0 atom stereocenters. The molecule has 0 aromatic heterocycles. The maximum Gasteiger partial charge on any atom is 2.00 e. The van der Waals surface area contributed by atoms with E-state index in [2.05, 4.69) is 0 Å². The average molecular weight is 211 g/mol. The van der Waals surface area contributed by atoms with Crippen LogP contribution in [0.4, 0.5) is 0 Å². The third-order valence-corrected chi connectivity index (χ3v) is 0. The van der Waals surface area contributed by atoms with E-state index in [1.165, 1.54) is 0 Å². The van der Waals surface area contributed by atoms with Crippen molar-refractivity contribution < 1.29 is 49.8 Å². The Labute approximate surface area is 76.8 Å². The van der Waals surface area contributed by atoms with Gasteiger partial charge in [0.1, 0.15) is 0 Å². The molecule has 6 heavy (non-hydrogen) atoms. The minimum absolute atomic E-state index is 0. The van der Waals surface area contributed by atoms with Gasteiger partial charge in [-0.2, -0.15) is 13.8 Å². The van der Waals surface area contributed by atoms with Gasteiger partial charge in [-0.3, -0.25) is 0 Å². The van der Waals surface area contributed by atoms with E-state index in [0.29, 0.717) is 0 Å². The molecule has 0 rings (SSSR count). The van der Waals surface area contributed by atoms with E-state index in [-0.39, 0.29) is 57.2 Å². The molecule has 0 aliphatic heterocycles. The van der Waals surface area contributed by atoms with Gasteiger partial charge in [0, 0.05) is 32.7 Å². The molecule has 2 radical (unpaired) electrons. The van der Waals surface area contributed by atoms with Crippen LogP contribution in [0.1, 0.15) is 13.8 Å². The Hall–Kier alpha value is 1.62. The predicted octanol–water partition coefficient (Wildman–Crippen LogP) is 1.68. The van der Waals surface area contributed by atoms with Crippen LogP contribution in [0.5, 0.6) is 0 Å². The molecular formula is C4H10CuY. The van der Waals surface area contributed by atoms with Crippen LogP contribution < -0.4 is 0 Å². The molecule has 0 fully saturated rings. The van der Waals surface area contributed by atoms with Crippen LogP contribution in [0.15, 0.2) is 0 Å². The zero-order valence-corrected chi connectivity index (χ0v) is 8.24. The quantitative estimate of drug-likeness (QED) is 0.422. The first-order chi connectivity index (χ1) is 1.41. The molecule has 0 saturated heterocycles. The van der Waals surface area contributed by atoms with Crippen molar-refractivity contribution in [1.29, 1.82) is 0 Å². The molecule has 0 heterocycles. The molecule has 0 amide bonds. The number of hydrogen-bond acceptors (Lipinski definition) is 0. The summed E-state index contributed by atoms with van der Waals surface area (Å²) in [4.78, 5) is 0. The fourth-order valence-electron chi connectivity index (χ4n) is 0. The molecule has 0 bridgehead atoms. The Kier molecular flexibility index (Phi) is 129. The van der Waals surface area contributed by atoms with Gasteiger partial charge < -0.3 is 13.8 Å². The molecule has 0 aliphatic rings. The topological polar surface area (TPSA) is 0 Å². The Balaban J connectivity index is -0.00000000667. The van der Waals surface area contributed by atoms with E-state index in [1.54, 1.807) is 0 Å². The third-order valence-electron chi connectivity index (χ3n) is 0. The van der Waals surface area contributed by atoms with Crippen molar-refractivity contribution in [3.63, 3.8) is 0 Å². The van der Waals surface area contributed by atoms with Gasteiger partial charge in [-0.05, 0) is 0 Å². The van der Waals surface area contributed by atoms with E-state index >= 15 is 0 Å². The first-order valence-corrected chi connectivity index (χ1v) is 1.15. The maximum absolute atomic E-state index is 2.00. The van der Waals surface area contributed by atoms with Crippen molar-refractivity contribution in [2.24, 2.45) is 0 Å². The molecule has 0 aliphatic carbocycles. The molecule has 0 N–H and O–H groups in total. The van der Waals surface area contributed by atoms with Gasteiger partial charge in [0.2, 0.25) is 0 Å². The van der Waals surface area contributed by atoms with Crippen LogP contribution in [0.2, 0.25) is 0 Å². The van der Waals surface area contributed by atoms with Gasteiger partial charge in [0.25, 0.3) is 0 Å². The van der Waals surface area contributed by atoms with E-state index in [4.69, 9.17) is 0 Å². The van der Waals surface area contributed by atoms with Crippen molar-refractivity contribution in [2.45, 2.75) is 13.8 Å². The molecule has 0 unspecified atom stereocenters. The first-order valence-electron chi connectivity index (χ1n) is 1.15.